The van der Waals surface area contributed by atoms with Crippen LogP contribution in [0.15, 0.2) is 46.6 Å². The molecule has 1 fully saturated rings. The Labute approximate surface area is 185 Å². The first kappa shape index (κ1) is 25.4. The van der Waals surface area contributed by atoms with Crippen molar-refractivity contribution in [3.63, 3.8) is 0 Å². The van der Waals surface area contributed by atoms with Crippen LogP contribution in [0.1, 0.15) is 20.3 Å². The van der Waals surface area contributed by atoms with Crippen LogP contribution in [0.4, 0.5) is 23.0 Å². The minimum absolute atomic E-state index is 0. The zero-order chi connectivity index (χ0) is 19.2. The predicted molar refractivity (Wildman–Crippen MR) is 105 cm³/mol. The smallest absolute Gasteiger partial charge is 0.153 e. The number of morpholine rings is 1. The summed E-state index contributed by atoms with van der Waals surface area (Å²) in [5.74, 6) is 0.575. The van der Waals surface area contributed by atoms with Crippen molar-refractivity contribution in [3.05, 3.63) is 41.7 Å². The van der Waals surface area contributed by atoms with E-state index in [1.807, 2.05) is 0 Å². The molecule has 27 heavy (non-hydrogen) atoms. The van der Waals surface area contributed by atoms with E-state index in [0.29, 0.717) is 17.2 Å². The standard InChI is InChI=1S/C11H11N5O.C4H8NO.C3H8.Y/c12-10-6-5-8(11(13)14-10)16-15-7-3-1-2-4-9(7)17;1-3-6-4-2-5-1;1-3-2;/h1-6,17H,(H4,12,13,14);1-4H2;3H2,1-2H3;/q;-1;;. The third-order valence-electron chi connectivity index (χ3n) is 2.86. The molecule has 0 amide bonds. The molecule has 0 saturated carbocycles. The fraction of sp³-hybridized carbons (Fsp3) is 0.389. The van der Waals surface area contributed by atoms with Crippen molar-refractivity contribution in [2.75, 3.05) is 37.8 Å². The molecule has 145 valence electrons. The number of para-hydroxylation sites is 1. The maximum absolute atomic E-state index is 9.48. The predicted octanol–water partition coefficient (Wildman–Crippen LogP) is 4.17. The molecule has 0 unspecified atom stereocenters. The zero-order valence-electron chi connectivity index (χ0n) is 15.9. The van der Waals surface area contributed by atoms with Gasteiger partial charge in [-0.05, 0) is 24.3 Å². The van der Waals surface area contributed by atoms with Gasteiger partial charge in [0.05, 0.1) is 0 Å². The molecule has 0 spiro atoms. The first-order valence-corrected chi connectivity index (χ1v) is 8.51. The van der Waals surface area contributed by atoms with Gasteiger partial charge in [0.15, 0.2) is 5.82 Å². The van der Waals surface area contributed by atoms with Crippen LogP contribution in [0.2, 0.25) is 0 Å². The van der Waals surface area contributed by atoms with Gasteiger partial charge in [0.25, 0.3) is 0 Å². The Morgan fingerprint density at radius 2 is 1.63 bits per heavy atom. The van der Waals surface area contributed by atoms with Crippen LogP contribution in [0.3, 0.4) is 0 Å². The second-order valence-corrected chi connectivity index (χ2v) is 5.32. The Morgan fingerprint density at radius 3 is 2.11 bits per heavy atom. The van der Waals surface area contributed by atoms with Crippen molar-refractivity contribution in [2.45, 2.75) is 20.3 Å². The Hall–Kier alpha value is -1.61. The molecule has 1 aliphatic rings. The van der Waals surface area contributed by atoms with Crippen molar-refractivity contribution in [3.8, 4) is 5.75 Å². The third kappa shape index (κ3) is 11.0. The van der Waals surface area contributed by atoms with Crippen LogP contribution in [0.25, 0.3) is 5.32 Å². The van der Waals surface area contributed by atoms with Crippen LogP contribution < -0.4 is 11.5 Å². The van der Waals surface area contributed by atoms with Crippen LogP contribution in [-0.2, 0) is 37.4 Å². The number of aromatic hydroxyl groups is 1. The van der Waals surface area contributed by atoms with E-state index in [0.717, 1.165) is 26.3 Å². The van der Waals surface area contributed by atoms with Gasteiger partial charge in [-0.25, -0.2) is 4.98 Å². The summed E-state index contributed by atoms with van der Waals surface area (Å²) in [7, 11) is 0. The molecule has 1 aromatic carbocycles. The molecule has 2 heterocycles. The normalized spacial score (nSPS) is 12.8. The zero-order valence-corrected chi connectivity index (χ0v) is 18.7. The van der Waals surface area contributed by atoms with Gasteiger partial charge in [-0.3, -0.25) is 0 Å². The number of pyridine rings is 1. The quantitative estimate of drug-likeness (QED) is 0.593. The number of aromatic nitrogens is 1. The maximum atomic E-state index is 9.48. The van der Waals surface area contributed by atoms with E-state index in [1.165, 1.54) is 12.5 Å². The fourth-order valence-corrected chi connectivity index (χ4v) is 1.70. The Balaban J connectivity index is 0.000000564. The number of ether oxygens (including phenoxy) is 1. The summed E-state index contributed by atoms with van der Waals surface area (Å²) >= 11 is 0. The molecule has 0 atom stereocenters. The SMILES string of the molecule is C1COCC[N-]1.CCC.Nc1ccc(N=Nc2ccccc2O)c(N)n1.[Y]. The Morgan fingerprint density at radius 1 is 1.04 bits per heavy atom. The molecule has 8 nitrogen and oxygen atoms in total. The maximum Gasteiger partial charge on any atom is 0.153 e. The molecule has 0 aliphatic carbocycles. The monoisotopic (exact) mass is 448 g/mol. The number of hydrogen-bond donors (Lipinski definition) is 3. The van der Waals surface area contributed by atoms with E-state index in [4.69, 9.17) is 16.2 Å². The van der Waals surface area contributed by atoms with Gasteiger partial charge in [-0.2, -0.15) is 0 Å². The van der Waals surface area contributed by atoms with Gasteiger partial charge in [-0.1, -0.05) is 32.4 Å². The van der Waals surface area contributed by atoms with Crippen LogP contribution in [0, 0.1) is 0 Å². The van der Waals surface area contributed by atoms with Gasteiger partial charge in [0.2, 0.25) is 0 Å². The molecule has 3 rings (SSSR count). The van der Waals surface area contributed by atoms with Crippen molar-refractivity contribution in [1.82, 2.24) is 4.98 Å². The van der Waals surface area contributed by atoms with Crippen LogP contribution in [-0.4, -0.2) is 36.4 Å². The summed E-state index contributed by atoms with van der Waals surface area (Å²) in [6.07, 6.45) is 1.25. The van der Waals surface area contributed by atoms with Crippen molar-refractivity contribution >= 4 is 23.0 Å². The Kier molecular flexibility index (Phi) is 14.5. The molecule has 9 heteroatoms. The average Bonchev–Trinajstić information content (AvgIpc) is 2.65. The molecular weight excluding hydrogens is 421 g/mol. The van der Waals surface area contributed by atoms with E-state index in [-0.39, 0.29) is 44.3 Å². The van der Waals surface area contributed by atoms with Gasteiger partial charge in [0, 0.05) is 45.9 Å². The molecule has 1 radical (unpaired) electrons. The number of nitrogens with two attached hydrogens (primary N) is 2. The molecule has 2 aromatic rings. The summed E-state index contributed by atoms with van der Waals surface area (Å²) in [6, 6.07) is 9.81. The second-order valence-electron chi connectivity index (χ2n) is 5.32. The summed E-state index contributed by atoms with van der Waals surface area (Å²) in [5, 5.41) is 21.3. The summed E-state index contributed by atoms with van der Waals surface area (Å²) in [4.78, 5) is 3.85. The number of rotatable bonds is 2. The molecule has 0 bridgehead atoms. The van der Waals surface area contributed by atoms with E-state index >= 15 is 0 Å². The fourth-order valence-electron chi connectivity index (χ4n) is 1.70. The number of phenolic OH excluding ortho intramolecular Hbond substituents is 1. The molecule has 5 N–H and O–H groups in total. The number of phenols is 1. The summed E-state index contributed by atoms with van der Waals surface area (Å²) in [6.45, 7) is 7.72. The van der Waals surface area contributed by atoms with Gasteiger partial charge >= 0.3 is 0 Å². The van der Waals surface area contributed by atoms with E-state index in [9.17, 15) is 5.11 Å². The minimum Gasteiger partial charge on any atom is -0.659 e. The van der Waals surface area contributed by atoms with E-state index in [2.05, 4.69) is 34.4 Å². The topological polar surface area (TPSA) is 133 Å². The Bertz CT molecular complexity index is 669. The number of nitrogen functional groups attached to an aromatic ring is 2. The average molecular weight is 448 g/mol. The largest absolute Gasteiger partial charge is 0.659 e. The van der Waals surface area contributed by atoms with Gasteiger partial charge < -0.3 is 26.6 Å². The number of hydrogen-bond acceptors (Lipinski definition) is 7. The number of benzene rings is 1. The number of azo groups is 1. The van der Waals surface area contributed by atoms with E-state index in [1.54, 1.807) is 30.3 Å². The molecular formula is C18H27N6O2Y-. The van der Waals surface area contributed by atoms with Crippen LogP contribution >= 0.6 is 0 Å². The first-order chi connectivity index (χ1) is 12.6. The van der Waals surface area contributed by atoms with Crippen molar-refractivity contribution < 1.29 is 42.6 Å². The molecule has 1 aromatic heterocycles. The summed E-state index contributed by atoms with van der Waals surface area (Å²) < 4.78 is 4.98. The van der Waals surface area contributed by atoms with E-state index < -0.39 is 0 Å². The third-order valence-corrected chi connectivity index (χ3v) is 2.86. The van der Waals surface area contributed by atoms with Crippen LogP contribution in [0.5, 0.6) is 5.75 Å². The molecule has 1 saturated heterocycles. The van der Waals surface area contributed by atoms with Crippen molar-refractivity contribution in [1.29, 1.82) is 0 Å². The number of anilines is 2. The van der Waals surface area contributed by atoms with Crippen molar-refractivity contribution in [2.24, 2.45) is 10.2 Å². The number of nitrogens with zero attached hydrogens (tertiary/aromatic N) is 4. The first-order valence-electron chi connectivity index (χ1n) is 8.51. The second kappa shape index (κ2) is 15.5. The van der Waals surface area contributed by atoms with Gasteiger partial charge in [0.1, 0.15) is 22.9 Å². The van der Waals surface area contributed by atoms with Gasteiger partial charge in [-0.15, -0.1) is 23.3 Å². The molecule has 1 aliphatic heterocycles. The minimum atomic E-state index is 0. The summed E-state index contributed by atoms with van der Waals surface area (Å²) in [5.41, 5.74) is 11.8.